The van der Waals surface area contributed by atoms with Gasteiger partial charge in [0.25, 0.3) is 0 Å². The first-order valence-corrected chi connectivity index (χ1v) is 8.19. The van der Waals surface area contributed by atoms with Crippen LogP contribution in [0.5, 0.6) is 0 Å². The van der Waals surface area contributed by atoms with Crippen molar-refractivity contribution in [3.05, 3.63) is 53.6 Å². The maximum absolute atomic E-state index is 11.8. The van der Waals surface area contributed by atoms with Gasteiger partial charge in [-0.1, -0.05) is 36.8 Å². The summed E-state index contributed by atoms with van der Waals surface area (Å²) < 4.78 is 5.63. The van der Waals surface area contributed by atoms with E-state index < -0.39 is 0 Å². The van der Waals surface area contributed by atoms with E-state index in [0.717, 1.165) is 18.5 Å². The first-order valence-electron chi connectivity index (χ1n) is 8.19. The van der Waals surface area contributed by atoms with Crippen LogP contribution in [-0.2, 0) is 9.53 Å². The molecule has 3 heterocycles. The van der Waals surface area contributed by atoms with E-state index in [1.807, 2.05) is 6.07 Å². The Kier molecular flexibility index (Phi) is 3.38. The molecule has 0 aromatic heterocycles. The zero-order valence-electron chi connectivity index (χ0n) is 12.9. The molecule has 2 unspecified atom stereocenters. The van der Waals surface area contributed by atoms with E-state index in [-0.39, 0.29) is 12.1 Å². The summed E-state index contributed by atoms with van der Waals surface area (Å²) in [6, 6.07) is 11.2. The van der Waals surface area contributed by atoms with Crippen molar-refractivity contribution in [3.63, 3.8) is 0 Å². The predicted octanol–water partition coefficient (Wildman–Crippen LogP) is 3.18. The summed E-state index contributed by atoms with van der Waals surface area (Å²) in [4.78, 5) is 14.3. The lowest BCUT2D eigenvalue weighted by Gasteiger charge is -2.41. The molecule has 1 aromatic carbocycles. The van der Waals surface area contributed by atoms with Crippen LogP contribution in [0, 0.1) is 0 Å². The van der Waals surface area contributed by atoms with Crippen molar-refractivity contribution < 1.29 is 9.53 Å². The molecule has 3 nitrogen and oxygen atoms in total. The van der Waals surface area contributed by atoms with Crippen LogP contribution >= 0.6 is 0 Å². The highest BCUT2D eigenvalue weighted by molar-refractivity contribution is 5.88. The van der Waals surface area contributed by atoms with Gasteiger partial charge >= 0.3 is 5.97 Å². The van der Waals surface area contributed by atoms with Gasteiger partial charge in [-0.15, -0.1) is 0 Å². The van der Waals surface area contributed by atoms with Crippen LogP contribution in [0.4, 0.5) is 0 Å². The van der Waals surface area contributed by atoms with Gasteiger partial charge < -0.3 is 4.74 Å². The van der Waals surface area contributed by atoms with Gasteiger partial charge in [0.05, 0.1) is 6.04 Å². The maximum atomic E-state index is 11.8. The topological polar surface area (TPSA) is 29.5 Å². The van der Waals surface area contributed by atoms with Crippen LogP contribution in [-0.4, -0.2) is 35.6 Å². The summed E-state index contributed by atoms with van der Waals surface area (Å²) in [5.74, 6) is -0.191. The van der Waals surface area contributed by atoms with Crippen molar-refractivity contribution >= 4 is 11.5 Å². The molecule has 4 rings (SSSR count). The standard InChI is InChI=1S/C19H21NO2/c1-13-16(14-7-3-2-4-8-14)11-15-12-18(21)22-19(15)17-9-5-6-10-20(13)17/h2-4,7-8,11-13,17,19H,5-6,9-10H2,1H3/t13-,17?,19?/m0/s1. The number of carbonyl (C=O) groups excluding carboxylic acids is 1. The SMILES string of the molecule is C[C@H]1C(c2ccccc2)=CC2=CC(=O)OC2C2CCCCN21. The molecule has 0 bridgehead atoms. The lowest BCUT2D eigenvalue weighted by atomic mass is 9.93. The van der Waals surface area contributed by atoms with Gasteiger partial charge in [0.15, 0.2) is 0 Å². The fourth-order valence-corrected chi connectivity index (χ4v) is 4.09. The number of fused-ring (bicyclic) bond motifs is 3. The number of rotatable bonds is 1. The lowest BCUT2D eigenvalue weighted by Crippen LogP contribution is -2.50. The second-order valence-electron chi connectivity index (χ2n) is 6.44. The molecule has 0 aliphatic carbocycles. The van der Waals surface area contributed by atoms with Gasteiger partial charge in [0.1, 0.15) is 6.10 Å². The van der Waals surface area contributed by atoms with Gasteiger partial charge in [0, 0.05) is 17.7 Å². The first kappa shape index (κ1) is 13.8. The zero-order chi connectivity index (χ0) is 15.1. The van der Waals surface area contributed by atoms with E-state index in [4.69, 9.17) is 4.74 Å². The minimum atomic E-state index is -0.191. The van der Waals surface area contributed by atoms with E-state index in [0.29, 0.717) is 12.1 Å². The Bertz CT molecular complexity index is 647. The van der Waals surface area contributed by atoms with E-state index in [1.165, 1.54) is 24.0 Å². The van der Waals surface area contributed by atoms with Crippen molar-refractivity contribution in [2.75, 3.05) is 6.54 Å². The highest BCUT2D eigenvalue weighted by Crippen LogP contribution is 2.38. The molecule has 114 valence electrons. The fraction of sp³-hybridized carbons (Fsp3) is 0.421. The summed E-state index contributed by atoms with van der Waals surface area (Å²) >= 11 is 0. The molecule has 3 aliphatic rings. The molecule has 3 heteroatoms. The second-order valence-corrected chi connectivity index (χ2v) is 6.44. The van der Waals surface area contributed by atoms with Crippen molar-refractivity contribution in [2.45, 2.75) is 44.4 Å². The molecule has 3 aliphatic heterocycles. The monoisotopic (exact) mass is 295 g/mol. The Morgan fingerprint density at radius 2 is 1.95 bits per heavy atom. The number of piperidine rings is 1. The second kappa shape index (κ2) is 5.40. The molecule has 0 N–H and O–H groups in total. The predicted molar refractivity (Wildman–Crippen MR) is 86.2 cm³/mol. The quantitative estimate of drug-likeness (QED) is 0.745. The van der Waals surface area contributed by atoms with Gasteiger partial charge in [-0.2, -0.15) is 0 Å². The molecule has 1 aromatic rings. The molecule has 3 atom stereocenters. The van der Waals surface area contributed by atoms with Crippen LogP contribution < -0.4 is 0 Å². The van der Waals surface area contributed by atoms with E-state index in [2.05, 4.69) is 42.2 Å². The zero-order valence-corrected chi connectivity index (χ0v) is 12.9. The molecule has 0 radical (unpaired) electrons. The Morgan fingerprint density at radius 1 is 1.14 bits per heavy atom. The number of ether oxygens (including phenoxy) is 1. The third kappa shape index (κ3) is 2.20. The van der Waals surface area contributed by atoms with Crippen LogP contribution in [0.15, 0.2) is 48.1 Å². The Morgan fingerprint density at radius 3 is 2.77 bits per heavy atom. The number of carbonyl (C=O) groups is 1. The molecule has 0 amide bonds. The Balaban J connectivity index is 1.82. The van der Waals surface area contributed by atoms with Gasteiger partial charge in [-0.05, 0) is 43.5 Å². The summed E-state index contributed by atoms with van der Waals surface area (Å²) in [6.07, 6.45) is 7.33. The van der Waals surface area contributed by atoms with Gasteiger partial charge in [0.2, 0.25) is 0 Å². The minimum absolute atomic E-state index is 0.0866. The average molecular weight is 295 g/mol. The Labute approximate surface area is 131 Å². The maximum Gasteiger partial charge on any atom is 0.331 e. The highest BCUT2D eigenvalue weighted by atomic mass is 16.5. The van der Waals surface area contributed by atoms with E-state index >= 15 is 0 Å². The third-order valence-electron chi connectivity index (χ3n) is 5.17. The summed E-state index contributed by atoms with van der Waals surface area (Å²) in [6.45, 7) is 3.36. The summed E-state index contributed by atoms with van der Waals surface area (Å²) in [5.41, 5.74) is 3.57. The normalized spacial score (nSPS) is 31.5. The van der Waals surface area contributed by atoms with Gasteiger partial charge in [-0.25, -0.2) is 4.79 Å². The molecule has 22 heavy (non-hydrogen) atoms. The number of hydrogen-bond donors (Lipinski definition) is 0. The number of benzene rings is 1. The van der Waals surface area contributed by atoms with Gasteiger partial charge in [-0.3, -0.25) is 4.90 Å². The number of nitrogens with zero attached hydrogens (tertiary/aromatic N) is 1. The van der Waals surface area contributed by atoms with Crippen LogP contribution in [0.2, 0.25) is 0 Å². The van der Waals surface area contributed by atoms with E-state index in [9.17, 15) is 4.79 Å². The molecule has 0 spiro atoms. The average Bonchev–Trinajstić information content (AvgIpc) is 2.88. The van der Waals surface area contributed by atoms with E-state index in [1.54, 1.807) is 6.08 Å². The molecule has 1 saturated heterocycles. The van der Waals surface area contributed by atoms with Crippen LogP contribution in [0.3, 0.4) is 0 Å². The fourth-order valence-electron chi connectivity index (χ4n) is 4.09. The smallest absolute Gasteiger partial charge is 0.331 e. The first-order chi connectivity index (χ1) is 10.7. The minimum Gasteiger partial charge on any atom is -0.453 e. The van der Waals surface area contributed by atoms with Crippen LogP contribution in [0.1, 0.15) is 31.7 Å². The van der Waals surface area contributed by atoms with Crippen molar-refractivity contribution in [2.24, 2.45) is 0 Å². The molecule has 1 fully saturated rings. The van der Waals surface area contributed by atoms with Crippen LogP contribution in [0.25, 0.3) is 5.57 Å². The third-order valence-corrected chi connectivity index (χ3v) is 5.17. The van der Waals surface area contributed by atoms with Crippen molar-refractivity contribution in [1.29, 1.82) is 0 Å². The van der Waals surface area contributed by atoms with Crippen molar-refractivity contribution in [3.8, 4) is 0 Å². The lowest BCUT2D eigenvalue weighted by molar-refractivity contribution is -0.142. The number of hydrogen-bond acceptors (Lipinski definition) is 3. The summed E-state index contributed by atoms with van der Waals surface area (Å²) in [5, 5.41) is 0. The number of esters is 1. The molecular weight excluding hydrogens is 274 g/mol. The summed E-state index contributed by atoms with van der Waals surface area (Å²) in [7, 11) is 0. The molecular formula is C19H21NO2. The highest BCUT2D eigenvalue weighted by Gasteiger charge is 2.42. The molecule has 0 saturated carbocycles. The van der Waals surface area contributed by atoms with Crippen molar-refractivity contribution in [1.82, 2.24) is 4.90 Å². The largest absolute Gasteiger partial charge is 0.453 e. The Hall–Kier alpha value is -1.87.